The van der Waals surface area contributed by atoms with Crippen LogP contribution in [0.25, 0.3) is 0 Å². The molecule has 0 aromatic heterocycles. The number of aryl methyl sites for hydroxylation is 2. The van der Waals surface area contributed by atoms with E-state index in [2.05, 4.69) is 25.1 Å². The fraction of sp³-hybridized carbons (Fsp3) is 0.476. The molecule has 0 aliphatic carbocycles. The Morgan fingerprint density at radius 1 is 1.12 bits per heavy atom. The van der Waals surface area contributed by atoms with Crippen molar-refractivity contribution in [3.05, 3.63) is 64.0 Å². The number of allylic oxidation sites excluding steroid dienone is 2. The second-order valence-electron chi connectivity index (χ2n) is 7.02. The molecule has 0 saturated heterocycles. The van der Waals surface area contributed by atoms with Crippen LogP contribution in [-0.4, -0.2) is 13.4 Å². The van der Waals surface area contributed by atoms with Gasteiger partial charge in [0.25, 0.3) is 15.3 Å². The van der Waals surface area contributed by atoms with Gasteiger partial charge >= 0.3 is 0 Å². The smallest absolute Gasteiger partial charge is 0.277 e. The molecule has 0 amide bonds. The number of benzene rings is 1. The van der Waals surface area contributed by atoms with Crippen molar-refractivity contribution in [2.24, 2.45) is 0 Å². The number of unbranched alkanes of at least 4 members (excludes halogenated alkanes) is 4. The Labute approximate surface area is 158 Å². The Morgan fingerprint density at radius 3 is 2.54 bits per heavy atom. The van der Waals surface area contributed by atoms with Crippen LogP contribution < -0.4 is 5.06 Å². The molecule has 2 rings (SSSR count). The lowest BCUT2D eigenvalue weighted by Crippen LogP contribution is -3.06. The predicted octanol–water partition coefficient (Wildman–Crippen LogP) is 3.59. The van der Waals surface area contributed by atoms with Gasteiger partial charge in [0.1, 0.15) is 6.20 Å². The van der Waals surface area contributed by atoms with Crippen LogP contribution in [0.3, 0.4) is 0 Å². The Hall–Kier alpha value is -1.69. The number of quaternary nitrogens is 1. The third kappa shape index (κ3) is 5.16. The van der Waals surface area contributed by atoms with Crippen LogP contribution in [0.15, 0.2) is 42.1 Å². The normalized spacial score (nSPS) is 17.9. The lowest BCUT2D eigenvalue weighted by molar-refractivity contribution is -0.680. The van der Waals surface area contributed by atoms with E-state index in [4.69, 9.17) is 0 Å². The summed E-state index contributed by atoms with van der Waals surface area (Å²) in [5.41, 5.74) is 4.03. The quantitative estimate of drug-likeness (QED) is 0.429. The first kappa shape index (κ1) is 20.6. The molecule has 1 aliphatic rings. The average molecular weight is 376 g/mol. The molecule has 0 saturated carbocycles. The Balaban J connectivity index is 2.40. The lowest BCUT2D eigenvalue weighted by atomic mass is 9.82. The van der Waals surface area contributed by atoms with E-state index in [0.29, 0.717) is 5.57 Å². The highest BCUT2D eigenvalue weighted by Crippen LogP contribution is 2.33. The molecule has 0 radical (unpaired) electrons. The topological polar surface area (TPSA) is 61.6 Å². The van der Waals surface area contributed by atoms with Crippen LogP contribution in [0.5, 0.6) is 0 Å². The van der Waals surface area contributed by atoms with Gasteiger partial charge in [0, 0.05) is 11.5 Å². The highest BCUT2D eigenvalue weighted by atomic mass is 32.2. The first-order valence-corrected chi connectivity index (χ1v) is 10.5. The summed E-state index contributed by atoms with van der Waals surface area (Å²) in [6.45, 7) is 6.28. The van der Waals surface area contributed by atoms with E-state index in [0.717, 1.165) is 36.0 Å². The van der Waals surface area contributed by atoms with E-state index in [1.165, 1.54) is 25.5 Å². The molecule has 2 atom stereocenters. The molecule has 5 heteroatoms. The Bertz CT molecular complexity index is 814. The predicted molar refractivity (Wildman–Crippen MR) is 108 cm³/mol. The molecule has 26 heavy (non-hydrogen) atoms. The molecular formula is C21H29NO3S. The molecule has 0 bridgehead atoms. The first-order chi connectivity index (χ1) is 12.5. The van der Waals surface area contributed by atoms with Crippen molar-refractivity contribution >= 4 is 15.3 Å². The highest BCUT2D eigenvalue weighted by Gasteiger charge is 2.28. The second kappa shape index (κ2) is 9.86. The summed E-state index contributed by atoms with van der Waals surface area (Å²) < 4.78 is 23.5. The fourth-order valence-electron chi connectivity index (χ4n) is 3.55. The van der Waals surface area contributed by atoms with Gasteiger partial charge in [-0.3, -0.25) is 0 Å². The minimum absolute atomic E-state index is 0.0710. The van der Waals surface area contributed by atoms with E-state index in [9.17, 15) is 13.6 Å². The third-order valence-electron chi connectivity index (χ3n) is 4.96. The van der Waals surface area contributed by atoms with Crippen molar-refractivity contribution in [3.8, 4) is 0 Å². The highest BCUT2D eigenvalue weighted by molar-refractivity contribution is 7.73. The van der Waals surface area contributed by atoms with Gasteiger partial charge in [-0.25, -0.2) is 0 Å². The van der Waals surface area contributed by atoms with E-state index in [-0.39, 0.29) is 10.9 Å². The van der Waals surface area contributed by atoms with Crippen molar-refractivity contribution in [1.29, 1.82) is 0 Å². The molecule has 142 valence electrons. The van der Waals surface area contributed by atoms with Gasteiger partial charge in [0.2, 0.25) is 0 Å². The summed E-state index contributed by atoms with van der Waals surface area (Å²) in [6.07, 6.45) is 11.4. The van der Waals surface area contributed by atoms with Gasteiger partial charge in [-0.1, -0.05) is 62.8 Å². The van der Waals surface area contributed by atoms with E-state index >= 15 is 0 Å². The first-order valence-electron chi connectivity index (χ1n) is 9.42. The van der Waals surface area contributed by atoms with Crippen molar-refractivity contribution in [2.75, 3.05) is 0 Å². The fourth-order valence-corrected chi connectivity index (χ4v) is 4.19. The monoisotopic (exact) mass is 375 g/mol. The zero-order valence-electron chi connectivity index (χ0n) is 15.9. The molecule has 1 heterocycles. The minimum atomic E-state index is -2.53. The van der Waals surface area contributed by atoms with Gasteiger partial charge in [-0.15, -0.1) is 0 Å². The molecule has 0 spiro atoms. The standard InChI is InChI=1S/C21H29NO3S/c1-4-5-6-7-8-10-18(20-15-16(2)12-13-17(20)3)19-11-9-14-22(23)21(19)26(24)25/h9,11-15,18,22H,4-8,10H2,1-3H3. The molecule has 2 unspecified atom stereocenters. The van der Waals surface area contributed by atoms with Crippen LogP contribution in [0, 0.1) is 19.1 Å². The molecule has 1 aromatic carbocycles. The maximum atomic E-state index is 12.2. The Kier molecular flexibility index (Phi) is 7.82. The lowest BCUT2D eigenvalue weighted by Gasteiger charge is -2.28. The summed E-state index contributed by atoms with van der Waals surface area (Å²) in [6, 6.07) is 6.26. The van der Waals surface area contributed by atoms with Crippen molar-refractivity contribution in [2.45, 2.75) is 65.2 Å². The molecular weight excluding hydrogens is 346 g/mol. The van der Waals surface area contributed by atoms with Gasteiger partial charge in [-0.05, 0) is 43.5 Å². The zero-order valence-corrected chi connectivity index (χ0v) is 16.7. The summed E-state index contributed by atoms with van der Waals surface area (Å²) in [5, 5.41) is 11.8. The number of rotatable bonds is 8. The van der Waals surface area contributed by atoms with Gasteiger partial charge in [0.15, 0.2) is 0 Å². The molecule has 4 nitrogen and oxygen atoms in total. The minimum Gasteiger partial charge on any atom is -0.623 e. The second-order valence-corrected chi connectivity index (χ2v) is 7.90. The van der Waals surface area contributed by atoms with Crippen molar-refractivity contribution in [3.63, 3.8) is 0 Å². The Morgan fingerprint density at radius 2 is 1.85 bits per heavy atom. The van der Waals surface area contributed by atoms with Crippen LogP contribution in [0.2, 0.25) is 0 Å². The van der Waals surface area contributed by atoms with Crippen LogP contribution in [-0.2, 0) is 10.3 Å². The molecule has 1 aromatic rings. The molecule has 1 N–H and O–H groups in total. The molecule has 1 aliphatic heterocycles. The average Bonchev–Trinajstić information content (AvgIpc) is 2.60. The van der Waals surface area contributed by atoms with Crippen molar-refractivity contribution < 1.29 is 13.5 Å². The van der Waals surface area contributed by atoms with Gasteiger partial charge < -0.3 is 10.3 Å². The maximum absolute atomic E-state index is 12.2. The van der Waals surface area contributed by atoms with Crippen LogP contribution >= 0.6 is 0 Å². The number of hydrogen-bond donors (Lipinski definition) is 1. The number of hydrogen-bond acceptors (Lipinski definition) is 3. The van der Waals surface area contributed by atoms with E-state index < -0.39 is 15.4 Å². The van der Waals surface area contributed by atoms with E-state index in [1.807, 2.05) is 13.8 Å². The molecule has 0 fully saturated rings. The SMILES string of the molecule is CCCCCCCC(C1=CC=C[NH+]([O-])C1=S(=O)=O)c1cc(C)ccc1C. The summed E-state index contributed by atoms with van der Waals surface area (Å²) in [4.78, 5) is -0.0769. The largest absolute Gasteiger partial charge is 0.623 e. The maximum Gasteiger partial charge on any atom is 0.277 e. The zero-order chi connectivity index (χ0) is 19.1. The third-order valence-corrected chi connectivity index (χ3v) is 5.73. The van der Waals surface area contributed by atoms with Crippen LogP contribution in [0.4, 0.5) is 0 Å². The number of hydroxylamine groups is 2. The van der Waals surface area contributed by atoms with Gasteiger partial charge in [0.05, 0.1) is 0 Å². The summed E-state index contributed by atoms with van der Waals surface area (Å²) in [5.74, 6) is -0.0710. The summed E-state index contributed by atoms with van der Waals surface area (Å²) in [7, 11) is -2.53. The van der Waals surface area contributed by atoms with Crippen molar-refractivity contribution in [1.82, 2.24) is 0 Å². The number of nitrogens with one attached hydrogen (secondary N) is 1. The van der Waals surface area contributed by atoms with E-state index in [1.54, 1.807) is 12.2 Å². The van der Waals surface area contributed by atoms with Crippen LogP contribution in [0.1, 0.15) is 68.1 Å². The summed E-state index contributed by atoms with van der Waals surface area (Å²) >= 11 is 0. The van der Waals surface area contributed by atoms with Gasteiger partial charge in [-0.2, -0.15) is 8.42 Å².